The van der Waals surface area contributed by atoms with Crippen molar-refractivity contribution in [3.8, 4) is 0 Å². The van der Waals surface area contributed by atoms with Crippen molar-refractivity contribution in [1.29, 1.82) is 0 Å². The summed E-state index contributed by atoms with van der Waals surface area (Å²) in [7, 11) is 3.58. The molecule has 0 aromatic carbocycles. The Morgan fingerprint density at radius 1 is 1.15 bits per heavy atom. The predicted octanol–water partition coefficient (Wildman–Crippen LogP) is 2.93. The minimum absolute atomic E-state index is 0.0883. The molecule has 0 aliphatic heterocycles. The second-order valence-corrected chi connectivity index (χ2v) is 7.83. The van der Waals surface area contributed by atoms with E-state index >= 15 is 0 Å². The van der Waals surface area contributed by atoms with Gasteiger partial charge in [0.1, 0.15) is 14.2 Å². The van der Waals surface area contributed by atoms with Crippen molar-refractivity contribution in [2.45, 2.75) is 20.8 Å². The van der Waals surface area contributed by atoms with Crippen LogP contribution in [0.5, 0.6) is 0 Å². The predicted molar refractivity (Wildman–Crippen MR) is 108 cm³/mol. The Hall–Kier alpha value is -1.65. The van der Waals surface area contributed by atoms with Crippen LogP contribution >= 0.6 is 35.3 Å². The van der Waals surface area contributed by atoms with Crippen molar-refractivity contribution >= 4 is 62.5 Å². The molecular weight excluding hydrogens is 396 g/mol. The van der Waals surface area contributed by atoms with Crippen LogP contribution in [0.25, 0.3) is 0 Å². The SMILES string of the molecule is CCOC(=O)c1sc(NC(=O)CSC(=S)N(C)C)c(C(=O)OCC)c1C. The van der Waals surface area contributed by atoms with Gasteiger partial charge in [0, 0.05) is 14.1 Å². The molecule has 144 valence electrons. The lowest BCUT2D eigenvalue weighted by molar-refractivity contribution is -0.113. The smallest absolute Gasteiger partial charge is 0.348 e. The maximum Gasteiger partial charge on any atom is 0.348 e. The highest BCUT2D eigenvalue weighted by Gasteiger charge is 2.27. The van der Waals surface area contributed by atoms with Gasteiger partial charge in [-0.3, -0.25) is 4.79 Å². The van der Waals surface area contributed by atoms with E-state index in [2.05, 4.69) is 5.32 Å². The summed E-state index contributed by atoms with van der Waals surface area (Å²) in [5.41, 5.74) is 0.604. The quantitative estimate of drug-likeness (QED) is 0.534. The molecule has 1 rings (SSSR count). The number of ether oxygens (including phenoxy) is 2. The van der Waals surface area contributed by atoms with E-state index < -0.39 is 11.9 Å². The van der Waals surface area contributed by atoms with Crippen LogP contribution in [-0.4, -0.2) is 60.1 Å². The first-order chi connectivity index (χ1) is 12.2. The molecule has 0 aliphatic rings. The van der Waals surface area contributed by atoms with E-state index in [1.807, 2.05) is 0 Å². The highest BCUT2D eigenvalue weighted by atomic mass is 32.2. The van der Waals surface area contributed by atoms with Crippen LogP contribution in [-0.2, 0) is 14.3 Å². The highest BCUT2D eigenvalue weighted by molar-refractivity contribution is 8.23. The lowest BCUT2D eigenvalue weighted by atomic mass is 10.1. The number of thiophene rings is 1. The zero-order chi connectivity index (χ0) is 19.9. The molecule has 0 saturated carbocycles. The molecule has 26 heavy (non-hydrogen) atoms. The molecule has 0 unspecified atom stereocenters. The van der Waals surface area contributed by atoms with Crippen molar-refractivity contribution in [2.75, 3.05) is 38.4 Å². The third kappa shape index (κ3) is 5.96. The van der Waals surface area contributed by atoms with Crippen molar-refractivity contribution < 1.29 is 23.9 Å². The summed E-state index contributed by atoms with van der Waals surface area (Å²) in [4.78, 5) is 38.6. The van der Waals surface area contributed by atoms with Crippen LogP contribution in [0.15, 0.2) is 0 Å². The van der Waals surface area contributed by atoms with E-state index in [0.717, 1.165) is 11.3 Å². The molecular formula is C16H22N2O5S3. The molecule has 7 nitrogen and oxygen atoms in total. The lowest BCUT2D eigenvalue weighted by Crippen LogP contribution is -2.21. The Labute approximate surface area is 166 Å². The molecule has 0 atom stereocenters. The summed E-state index contributed by atoms with van der Waals surface area (Å²) in [5, 5.41) is 2.94. The second-order valence-electron chi connectivity index (χ2n) is 5.20. The van der Waals surface area contributed by atoms with E-state index in [-0.39, 0.29) is 40.3 Å². The maximum absolute atomic E-state index is 12.3. The topological polar surface area (TPSA) is 84.9 Å². The molecule has 0 bridgehead atoms. The molecule has 0 aliphatic carbocycles. The number of thioether (sulfide) groups is 1. The summed E-state index contributed by atoms with van der Waals surface area (Å²) >= 11 is 7.33. The summed E-state index contributed by atoms with van der Waals surface area (Å²) in [6.07, 6.45) is 0. The minimum Gasteiger partial charge on any atom is -0.462 e. The average molecular weight is 419 g/mol. The molecule has 1 aromatic rings. The van der Waals surface area contributed by atoms with Crippen LogP contribution in [0.2, 0.25) is 0 Å². The summed E-state index contributed by atoms with van der Waals surface area (Å²) in [5.74, 6) is -1.38. The number of hydrogen-bond donors (Lipinski definition) is 1. The molecule has 1 heterocycles. The zero-order valence-electron chi connectivity index (χ0n) is 15.3. The van der Waals surface area contributed by atoms with Gasteiger partial charge in [-0.1, -0.05) is 24.0 Å². The highest BCUT2D eigenvalue weighted by Crippen LogP contribution is 2.34. The van der Waals surface area contributed by atoms with Gasteiger partial charge in [-0.15, -0.1) is 11.3 Å². The molecule has 1 aromatic heterocycles. The van der Waals surface area contributed by atoms with Gasteiger partial charge in [-0.25, -0.2) is 9.59 Å². The van der Waals surface area contributed by atoms with E-state index in [0.29, 0.717) is 9.88 Å². The van der Waals surface area contributed by atoms with Crippen molar-refractivity contribution in [3.05, 3.63) is 16.0 Å². The van der Waals surface area contributed by atoms with E-state index in [9.17, 15) is 14.4 Å². The average Bonchev–Trinajstić information content (AvgIpc) is 2.89. The number of thiocarbonyl (C=S) groups is 1. The zero-order valence-corrected chi connectivity index (χ0v) is 17.8. The minimum atomic E-state index is -0.594. The lowest BCUT2D eigenvalue weighted by Gasteiger charge is -2.12. The number of carbonyl (C=O) groups excluding carboxylic acids is 3. The second kappa shape index (κ2) is 10.5. The Balaban J connectivity index is 3.05. The first-order valence-corrected chi connectivity index (χ1v) is 10.0. The number of amides is 1. The van der Waals surface area contributed by atoms with Crippen molar-refractivity contribution in [3.63, 3.8) is 0 Å². The van der Waals surface area contributed by atoms with Crippen LogP contribution in [0.4, 0.5) is 5.00 Å². The van der Waals surface area contributed by atoms with Crippen molar-refractivity contribution in [2.24, 2.45) is 0 Å². The van der Waals surface area contributed by atoms with Crippen LogP contribution in [0.3, 0.4) is 0 Å². The standard InChI is InChI=1S/C16H22N2O5S3/c1-6-22-14(20)11-9(3)12(15(21)23-7-2)26-13(11)17-10(19)8-25-16(24)18(4)5/h6-8H2,1-5H3,(H,17,19). The number of anilines is 1. The van der Waals surface area contributed by atoms with Gasteiger partial charge >= 0.3 is 11.9 Å². The monoisotopic (exact) mass is 418 g/mol. The number of hydrogen-bond acceptors (Lipinski definition) is 8. The first-order valence-electron chi connectivity index (χ1n) is 7.84. The number of nitrogens with zero attached hydrogens (tertiary/aromatic N) is 1. The molecule has 1 amide bonds. The van der Waals surface area contributed by atoms with E-state index in [1.165, 1.54) is 11.8 Å². The van der Waals surface area contributed by atoms with Crippen LogP contribution < -0.4 is 5.32 Å². The van der Waals surface area contributed by atoms with Crippen LogP contribution in [0, 0.1) is 6.92 Å². The fourth-order valence-corrected chi connectivity index (χ4v) is 3.73. The first kappa shape index (κ1) is 22.4. The number of esters is 2. The van der Waals surface area contributed by atoms with Gasteiger partial charge in [0.25, 0.3) is 0 Å². The summed E-state index contributed by atoms with van der Waals surface area (Å²) in [6.45, 7) is 5.40. The number of rotatable bonds is 7. The molecule has 0 saturated heterocycles. The third-order valence-electron chi connectivity index (χ3n) is 3.03. The molecule has 0 fully saturated rings. The van der Waals surface area contributed by atoms with Gasteiger partial charge in [-0.05, 0) is 26.3 Å². The Morgan fingerprint density at radius 2 is 1.73 bits per heavy atom. The van der Waals surface area contributed by atoms with Gasteiger partial charge < -0.3 is 19.7 Å². The molecule has 0 radical (unpaired) electrons. The molecule has 10 heteroatoms. The van der Waals surface area contributed by atoms with Gasteiger partial charge in [0.2, 0.25) is 5.91 Å². The summed E-state index contributed by atoms with van der Waals surface area (Å²) < 4.78 is 10.6. The summed E-state index contributed by atoms with van der Waals surface area (Å²) in [6, 6.07) is 0. The fourth-order valence-electron chi connectivity index (χ4n) is 1.86. The largest absolute Gasteiger partial charge is 0.462 e. The Morgan fingerprint density at radius 3 is 2.27 bits per heavy atom. The number of nitrogens with one attached hydrogen (secondary N) is 1. The van der Waals surface area contributed by atoms with Crippen LogP contribution in [0.1, 0.15) is 39.4 Å². The molecule has 0 spiro atoms. The van der Waals surface area contributed by atoms with E-state index in [4.69, 9.17) is 21.7 Å². The normalized spacial score (nSPS) is 10.2. The van der Waals surface area contributed by atoms with E-state index in [1.54, 1.807) is 39.8 Å². The third-order valence-corrected chi connectivity index (χ3v) is 5.96. The number of carbonyl (C=O) groups is 3. The molecule has 1 N–H and O–H groups in total. The van der Waals surface area contributed by atoms with Gasteiger partial charge in [0.15, 0.2) is 0 Å². The van der Waals surface area contributed by atoms with Gasteiger partial charge in [-0.2, -0.15) is 0 Å². The van der Waals surface area contributed by atoms with Gasteiger partial charge in [0.05, 0.1) is 24.5 Å². The maximum atomic E-state index is 12.3. The van der Waals surface area contributed by atoms with Crippen molar-refractivity contribution in [1.82, 2.24) is 4.90 Å². The Kier molecular flexibility index (Phi) is 9.03. The Bertz CT molecular complexity index is 700. The fraction of sp³-hybridized carbons (Fsp3) is 0.500.